The van der Waals surface area contributed by atoms with Gasteiger partial charge in [0.1, 0.15) is 34.8 Å². The zero-order valence-electron chi connectivity index (χ0n) is 45.7. The fourth-order valence-electron chi connectivity index (χ4n) is 10.7. The van der Waals surface area contributed by atoms with Crippen LogP contribution in [0.4, 0.5) is 17.6 Å². The number of phenols is 1. The molecule has 4 N–H and O–H groups in total. The summed E-state index contributed by atoms with van der Waals surface area (Å²) >= 11 is 0. The van der Waals surface area contributed by atoms with Crippen molar-refractivity contribution < 1.29 is 83.5 Å². The number of ketones is 2. The molecule has 2 saturated heterocycles. The number of benzene rings is 5. The van der Waals surface area contributed by atoms with Gasteiger partial charge in [-0.1, -0.05) is 55.0 Å². The summed E-state index contributed by atoms with van der Waals surface area (Å²) in [4.78, 5) is 22.0. The van der Waals surface area contributed by atoms with E-state index in [2.05, 4.69) is 6.07 Å². The Bertz CT molecular complexity index is 2610. The number of carbonyl (C=O) groups excluding carboxylic acids is 2. The summed E-state index contributed by atoms with van der Waals surface area (Å²) in [6, 6.07) is 35.9. The van der Waals surface area contributed by atoms with Crippen LogP contribution in [0.1, 0.15) is 145 Å². The quantitative estimate of drug-likeness (QED) is 0.0695. The molecule has 0 unspecified atom stereocenters. The molecule has 0 atom stereocenters. The fraction of sp³-hybridized carbons (Fsp3) is 0.476. The number of aromatic hydroxyl groups is 1. The molecule has 2 spiro atoms. The number of aliphatic hydroxyl groups is 3. The summed E-state index contributed by atoms with van der Waals surface area (Å²) in [5.41, 5.74) is 0.961. The largest absolute Gasteiger partial charge is 2.00 e. The van der Waals surface area contributed by atoms with E-state index in [1.165, 1.54) is 79.6 Å². The maximum Gasteiger partial charge on any atom is 2.00 e. The minimum atomic E-state index is -0.943. The van der Waals surface area contributed by atoms with Gasteiger partial charge in [-0.05, 0) is 141 Å². The van der Waals surface area contributed by atoms with Crippen LogP contribution in [0.5, 0.6) is 5.75 Å². The van der Waals surface area contributed by atoms with Gasteiger partial charge in [0.25, 0.3) is 0 Å². The number of hydrogen-bond acceptors (Lipinski definition) is 11. The predicted octanol–water partition coefficient (Wildman–Crippen LogP) is 9.07. The minimum absolute atomic E-state index is 0. The molecular formula is C63H74BrF4MgNO10. The summed E-state index contributed by atoms with van der Waals surface area (Å²) in [6.07, 6.45) is 13.9. The van der Waals surface area contributed by atoms with Crippen LogP contribution in [0, 0.1) is 46.6 Å². The Morgan fingerprint density at radius 3 is 1.24 bits per heavy atom. The molecule has 4 aliphatic carbocycles. The van der Waals surface area contributed by atoms with Gasteiger partial charge in [0.05, 0.1) is 49.3 Å². The average Bonchev–Trinajstić information content (AvgIpc) is 4.20. The third-order valence-electron chi connectivity index (χ3n) is 15.4. The van der Waals surface area contributed by atoms with E-state index >= 15 is 0 Å². The zero-order valence-corrected chi connectivity index (χ0v) is 48.7. The first-order chi connectivity index (χ1) is 37.4. The second kappa shape index (κ2) is 32.9. The summed E-state index contributed by atoms with van der Waals surface area (Å²) in [6.45, 7) is 4.08. The number of hydrogen-bond donors (Lipinski definition) is 4. The Hall–Kier alpha value is -4.58. The number of nitrogens with zero attached hydrogens (tertiary/aromatic N) is 1. The molecule has 0 amide bonds. The molecule has 4 saturated carbocycles. The van der Waals surface area contributed by atoms with Crippen LogP contribution in [0.3, 0.4) is 0 Å². The topological polar surface area (TPSA) is 176 Å². The second-order valence-electron chi connectivity index (χ2n) is 20.9. The second-order valence-corrected chi connectivity index (χ2v) is 20.9. The normalized spacial score (nSPS) is 21.7. The molecule has 11 nitrogen and oxygen atoms in total. The maximum atomic E-state index is 13.0. The Morgan fingerprint density at radius 1 is 0.525 bits per heavy atom. The van der Waals surface area contributed by atoms with E-state index in [0.29, 0.717) is 114 Å². The molecule has 6 aliphatic rings. The van der Waals surface area contributed by atoms with Gasteiger partial charge in [-0.3, -0.25) is 9.59 Å². The number of halogens is 5. The van der Waals surface area contributed by atoms with Crippen molar-refractivity contribution >= 4 is 34.6 Å². The van der Waals surface area contributed by atoms with E-state index in [-0.39, 0.29) is 74.9 Å². The molecule has 11 rings (SSSR count). The third-order valence-corrected chi connectivity index (χ3v) is 15.4. The third kappa shape index (κ3) is 21.0. The van der Waals surface area contributed by atoms with Crippen LogP contribution in [-0.4, -0.2) is 93.0 Å². The molecule has 5 aromatic carbocycles. The van der Waals surface area contributed by atoms with Gasteiger partial charge in [0, 0.05) is 64.1 Å². The predicted molar refractivity (Wildman–Crippen MR) is 291 cm³/mol. The number of ether oxygens (including phenoxy) is 4. The van der Waals surface area contributed by atoms with Gasteiger partial charge in [0.15, 0.2) is 11.6 Å². The van der Waals surface area contributed by atoms with Crippen LogP contribution >= 0.6 is 0 Å². The molecular weight excluding hydrogens is 1110 g/mol. The van der Waals surface area contributed by atoms with E-state index < -0.39 is 22.6 Å². The number of aryl methyl sites for hydroxylation is 1. The van der Waals surface area contributed by atoms with E-state index in [4.69, 9.17) is 24.2 Å². The molecule has 2 aliphatic heterocycles. The van der Waals surface area contributed by atoms with Gasteiger partial charge >= 0.3 is 23.1 Å². The standard InChI is InChI=1S/C21H25FO2.C14H17FO3.C12H13FO2.C8H12O3.C6H4F.C2H3N.BrH.Mg/c22-19-8-6-18(7-9-19)21(24)14-12-17(13-15-21)3-1-2-16-4-10-20(23)11-5-16;15-12-3-1-11(2-4-12)13(16)5-7-14(8-6-13)17-9-10-18-14;13-10-3-1-9(2-4-10)12(15)7-5-11(14)6-8-12;9-7-1-3-8(4-2-7)10-5-6-11-8;7-6-4-2-1-3-5-6;1-2-3;;/h4-11,17,23-24H,1-3,12-15H2;1-4,16H,5-10H2;1-4,15H,5-8H2;1-6H2;2-5H;1H3;1H;/q;;;;-1;;;+2/p-1. The fourth-order valence-corrected chi connectivity index (χ4v) is 10.7. The van der Waals surface area contributed by atoms with Crippen LogP contribution < -0.4 is 17.0 Å². The summed E-state index contributed by atoms with van der Waals surface area (Å²) < 4.78 is 72.7. The average molecular weight is 1190 g/mol. The van der Waals surface area contributed by atoms with Crippen molar-refractivity contribution in [3.63, 3.8) is 0 Å². The molecule has 0 aromatic heterocycles. The van der Waals surface area contributed by atoms with Gasteiger partial charge in [-0.15, -0.1) is 12.1 Å². The Balaban J connectivity index is 0.000000221. The molecule has 6 fully saturated rings. The number of rotatable bonds is 7. The zero-order chi connectivity index (χ0) is 56.1. The van der Waals surface area contributed by atoms with Crippen LogP contribution in [0.15, 0.2) is 121 Å². The van der Waals surface area contributed by atoms with Crippen LogP contribution in [-0.2, 0) is 51.8 Å². The van der Waals surface area contributed by atoms with Crippen LogP contribution in [0.2, 0.25) is 0 Å². The molecule has 5 aromatic rings. The minimum Gasteiger partial charge on any atom is -1.00 e. The molecule has 80 heavy (non-hydrogen) atoms. The van der Waals surface area contributed by atoms with Gasteiger partial charge in [-0.25, -0.2) is 17.6 Å². The van der Waals surface area contributed by atoms with Crippen molar-refractivity contribution in [2.75, 3.05) is 26.4 Å². The van der Waals surface area contributed by atoms with Crippen molar-refractivity contribution in [3.05, 3.63) is 173 Å². The molecule has 2 heterocycles. The maximum absolute atomic E-state index is 13.0. The smallest absolute Gasteiger partial charge is 1.00 e. The summed E-state index contributed by atoms with van der Waals surface area (Å²) in [5.74, 6) is -0.402. The molecule has 0 bridgehead atoms. The number of nitriles is 1. The number of Topliss-reactive ketones (excluding diaryl/α,β-unsaturated/α-hetero) is 2. The van der Waals surface area contributed by atoms with Crippen molar-refractivity contribution in [2.45, 2.75) is 157 Å². The number of phenolic OH excluding ortho intramolecular Hbond substituents is 1. The first-order valence-electron chi connectivity index (χ1n) is 27.1. The number of carbonyl (C=O) groups is 2. The van der Waals surface area contributed by atoms with Crippen molar-refractivity contribution in [2.24, 2.45) is 5.92 Å². The van der Waals surface area contributed by atoms with E-state index in [1.54, 1.807) is 54.6 Å². The molecule has 0 radical (unpaired) electrons. The van der Waals surface area contributed by atoms with Gasteiger partial charge < -0.3 is 56.4 Å². The SMILES string of the molecule is CC#N.Fc1cc[c-]cc1.O=C1CCC(O)(c2ccc(F)cc2)CC1.O=C1CCC2(CC1)OCCO2.OC1(c2ccc(F)cc2)CCC2(CC1)OCCO2.Oc1ccc(CCCC2CCC(O)(c3ccc(F)cc3)CC2)cc1.[Br-].[Mg+2]. The first-order valence-corrected chi connectivity index (χ1v) is 27.1. The van der Waals surface area contributed by atoms with Crippen molar-refractivity contribution in [1.82, 2.24) is 0 Å². The van der Waals surface area contributed by atoms with Crippen LogP contribution in [0.25, 0.3) is 0 Å². The van der Waals surface area contributed by atoms with Gasteiger partial charge in [0.2, 0.25) is 0 Å². The Kier molecular flexibility index (Phi) is 27.9. The summed E-state index contributed by atoms with van der Waals surface area (Å²) in [5, 5.41) is 48.4. The Morgan fingerprint density at radius 2 is 0.863 bits per heavy atom. The Labute approximate surface area is 494 Å². The first kappa shape index (κ1) is 67.9. The van der Waals surface area contributed by atoms with Crippen molar-refractivity contribution in [3.8, 4) is 11.8 Å². The van der Waals surface area contributed by atoms with E-state index in [9.17, 15) is 47.6 Å². The van der Waals surface area contributed by atoms with Gasteiger partial charge in [-0.2, -0.15) is 23.5 Å². The molecule has 428 valence electrons. The van der Waals surface area contributed by atoms with Crippen molar-refractivity contribution in [1.29, 1.82) is 5.26 Å². The van der Waals surface area contributed by atoms with E-state index in [0.717, 1.165) is 62.5 Å². The van der Waals surface area contributed by atoms with E-state index in [1.807, 2.05) is 12.1 Å². The summed E-state index contributed by atoms with van der Waals surface area (Å²) in [7, 11) is 0. The molecule has 17 heteroatoms. The monoisotopic (exact) mass is 1180 g/mol.